The zero-order valence-corrected chi connectivity index (χ0v) is 8.96. The molecule has 0 spiro atoms. The molecule has 1 aromatic rings. The number of amides is 1. The lowest BCUT2D eigenvalue weighted by molar-refractivity contribution is -0.148. The molecule has 1 saturated heterocycles. The zero-order chi connectivity index (χ0) is 11.7. The van der Waals surface area contributed by atoms with Gasteiger partial charge in [0.1, 0.15) is 0 Å². The standard InChI is InChI=1S/C10H13N3O3/c1-12-6-7(5-11-12)9(10(15)16)13-4-2-3-8(13)14/h5-6,9H,2-4H2,1H3,(H,15,16). The minimum Gasteiger partial charge on any atom is -0.479 e. The number of carboxylic acid groups (broad SMARTS) is 1. The van der Waals surface area contributed by atoms with E-state index in [1.54, 1.807) is 13.2 Å². The molecular weight excluding hydrogens is 210 g/mol. The monoisotopic (exact) mass is 223 g/mol. The third-order valence-electron chi connectivity index (χ3n) is 2.70. The van der Waals surface area contributed by atoms with Crippen molar-refractivity contribution in [2.75, 3.05) is 6.54 Å². The SMILES string of the molecule is Cn1cc(C(C(=O)O)N2CCCC2=O)cn1. The van der Waals surface area contributed by atoms with Crippen LogP contribution in [0.3, 0.4) is 0 Å². The molecule has 1 N–H and O–H groups in total. The van der Waals surface area contributed by atoms with E-state index in [0.29, 0.717) is 18.5 Å². The zero-order valence-electron chi connectivity index (χ0n) is 8.96. The van der Waals surface area contributed by atoms with Gasteiger partial charge in [-0.3, -0.25) is 9.48 Å². The lowest BCUT2D eigenvalue weighted by atomic mass is 10.1. The summed E-state index contributed by atoms with van der Waals surface area (Å²) >= 11 is 0. The number of carboxylic acids is 1. The molecule has 1 aromatic heterocycles. The van der Waals surface area contributed by atoms with Crippen LogP contribution in [0.1, 0.15) is 24.4 Å². The molecular formula is C10H13N3O3. The maximum atomic E-state index is 11.5. The Kier molecular flexibility index (Phi) is 2.64. The molecule has 1 atom stereocenters. The van der Waals surface area contributed by atoms with Crippen LogP contribution >= 0.6 is 0 Å². The van der Waals surface area contributed by atoms with Crippen molar-refractivity contribution in [1.82, 2.24) is 14.7 Å². The fourth-order valence-corrected chi connectivity index (χ4v) is 1.98. The van der Waals surface area contributed by atoms with Crippen LogP contribution in [0.15, 0.2) is 12.4 Å². The number of aryl methyl sites for hydroxylation is 1. The Morgan fingerprint density at radius 1 is 1.62 bits per heavy atom. The summed E-state index contributed by atoms with van der Waals surface area (Å²) in [6, 6.07) is -0.899. The van der Waals surface area contributed by atoms with Gasteiger partial charge in [0, 0.05) is 31.8 Å². The van der Waals surface area contributed by atoms with Gasteiger partial charge >= 0.3 is 5.97 Å². The molecule has 0 aliphatic carbocycles. The van der Waals surface area contributed by atoms with Gasteiger partial charge in [0.05, 0.1) is 6.20 Å². The Morgan fingerprint density at radius 3 is 2.81 bits per heavy atom. The van der Waals surface area contributed by atoms with Crippen LogP contribution in [0.4, 0.5) is 0 Å². The van der Waals surface area contributed by atoms with E-state index in [1.807, 2.05) is 0 Å². The van der Waals surface area contributed by atoms with Crippen LogP contribution in [-0.2, 0) is 16.6 Å². The Balaban J connectivity index is 2.30. The van der Waals surface area contributed by atoms with Crippen molar-refractivity contribution in [2.24, 2.45) is 7.05 Å². The first-order valence-corrected chi connectivity index (χ1v) is 5.10. The maximum absolute atomic E-state index is 11.5. The highest BCUT2D eigenvalue weighted by Crippen LogP contribution is 2.25. The molecule has 2 heterocycles. The number of aromatic nitrogens is 2. The van der Waals surface area contributed by atoms with Crippen LogP contribution in [0.5, 0.6) is 0 Å². The van der Waals surface area contributed by atoms with E-state index >= 15 is 0 Å². The van der Waals surface area contributed by atoms with Crippen molar-refractivity contribution in [3.05, 3.63) is 18.0 Å². The smallest absolute Gasteiger partial charge is 0.331 e. The second-order valence-corrected chi connectivity index (χ2v) is 3.88. The van der Waals surface area contributed by atoms with E-state index in [1.165, 1.54) is 15.8 Å². The average molecular weight is 223 g/mol. The summed E-state index contributed by atoms with van der Waals surface area (Å²) in [5.41, 5.74) is 0.547. The molecule has 1 aliphatic heterocycles. The molecule has 0 bridgehead atoms. The van der Waals surface area contributed by atoms with Gasteiger partial charge in [-0.05, 0) is 6.42 Å². The molecule has 16 heavy (non-hydrogen) atoms. The van der Waals surface area contributed by atoms with Crippen molar-refractivity contribution in [2.45, 2.75) is 18.9 Å². The molecule has 1 amide bonds. The van der Waals surface area contributed by atoms with Gasteiger partial charge in [0.25, 0.3) is 0 Å². The fourth-order valence-electron chi connectivity index (χ4n) is 1.98. The second kappa shape index (κ2) is 3.96. The Bertz CT molecular complexity index is 427. The van der Waals surface area contributed by atoms with Crippen molar-refractivity contribution in [3.8, 4) is 0 Å². The molecule has 2 rings (SSSR count). The molecule has 1 aliphatic rings. The highest BCUT2D eigenvalue weighted by atomic mass is 16.4. The van der Waals surface area contributed by atoms with Gasteiger partial charge in [-0.2, -0.15) is 5.10 Å². The number of nitrogens with zero attached hydrogens (tertiary/aromatic N) is 3. The van der Waals surface area contributed by atoms with E-state index in [0.717, 1.165) is 6.42 Å². The fraction of sp³-hybridized carbons (Fsp3) is 0.500. The van der Waals surface area contributed by atoms with Crippen molar-refractivity contribution in [1.29, 1.82) is 0 Å². The van der Waals surface area contributed by atoms with E-state index in [4.69, 9.17) is 0 Å². The van der Waals surface area contributed by atoms with Crippen LogP contribution in [0.2, 0.25) is 0 Å². The summed E-state index contributed by atoms with van der Waals surface area (Å²) in [6.45, 7) is 0.505. The Hall–Kier alpha value is -1.85. The quantitative estimate of drug-likeness (QED) is 0.792. The number of rotatable bonds is 3. The van der Waals surface area contributed by atoms with Crippen LogP contribution in [0.25, 0.3) is 0 Å². The van der Waals surface area contributed by atoms with Gasteiger partial charge < -0.3 is 10.0 Å². The average Bonchev–Trinajstić information content (AvgIpc) is 2.78. The van der Waals surface area contributed by atoms with E-state index in [-0.39, 0.29) is 5.91 Å². The van der Waals surface area contributed by atoms with Gasteiger partial charge in [-0.1, -0.05) is 0 Å². The third-order valence-corrected chi connectivity index (χ3v) is 2.70. The number of carbonyl (C=O) groups excluding carboxylic acids is 1. The number of hydrogen-bond donors (Lipinski definition) is 1. The maximum Gasteiger partial charge on any atom is 0.331 e. The molecule has 86 valence electrons. The van der Waals surface area contributed by atoms with Crippen LogP contribution < -0.4 is 0 Å². The lowest BCUT2D eigenvalue weighted by Gasteiger charge is -2.22. The molecule has 0 aromatic carbocycles. The van der Waals surface area contributed by atoms with Gasteiger partial charge in [0.15, 0.2) is 6.04 Å². The number of hydrogen-bond acceptors (Lipinski definition) is 3. The molecule has 6 nitrogen and oxygen atoms in total. The van der Waals surface area contributed by atoms with E-state index in [2.05, 4.69) is 5.10 Å². The minimum atomic E-state index is -1.01. The van der Waals surface area contributed by atoms with E-state index in [9.17, 15) is 14.7 Å². The van der Waals surface area contributed by atoms with Crippen molar-refractivity contribution >= 4 is 11.9 Å². The highest BCUT2D eigenvalue weighted by molar-refractivity contribution is 5.85. The van der Waals surface area contributed by atoms with Crippen molar-refractivity contribution in [3.63, 3.8) is 0 Å². The first kappa shape index (κ1) is 10.7. The summed E-state index contributed by atoms with van der Waals surface area (Å²) in [5, 5.41) is 13.1. The third kappa shape index (κ3) is 1.78. The summed E-state index contributed by atoms with van der Waals surface area (Å²) in [5.74, 6) is -1.11. The largest absolute Gasteiger partial charge is 0.479 e. The normalized spacial score (nSPS) is 17.8. The Morgan fingerprint density at radius 2 is 2.38 bits per heavy atom. The lowest BCUT2D eigenvalue weighted by Crippen LogP contribution is -2.34. The first-order chi connectivity index (χ1) is 7.59. The number of carbonyl (C=O) groups is 2. The topological polar surface area (TPSA) is 75.4 Å². The summed E-state index contributed by atoms with van der Waals surface area (Å²) in [7, 11) is 1.72. The highest BCUT2D eigenvalue weighted by Gasteiger charge is 2.34. The second-order valence-electron chi connectivity index (χ2n) is 3.88. The predicted molar refractivity (Wildman–Crippen MR) is 54.5 cm³/mol. The minimum absolute atomic E-state index is 0.101. The molecule has 1 unspecified atom stereocenters. The summed E-state index contributed by atoms with van der Waals surface area (Å²) < 4.78 is 1.53. The predicted octanol–water partition coefficient (Wildman–Crippen LogP) is 0.168. The van der Waals surface area contributed by atoms with E-state index < -0.39 is 12.0 Å². The van der Waals surface area contributed by atoms with Crippen molar-refractivity contribution < 1.29 is 14.7 Å². The Labute approximate surface area is 92.5 Å². The molecule has 0 radical (unpaired) electrons. The number of likely N-dealkylation sites (tertiary alicyclic amines) is 1. The number of aliphatic carboxylic acids is 1. The van der Waals surface area contributed by atoms with Crippen LogP contribution in [-0.4, -0.2) is 38.2 Å². The summed E-state index contributed by atoms with van der Waals surface area (Å²) in [4.78, 5) is 24.1. The molecule has 6 heteroatoms. The summed E-state index contributed by atoms with van der Waals surface area (Å²) in [6.07, 6.45) is 4.28. The first-order valence-electron chi connectivity index (χ1n) is 5.10. The van der Waals surface area contributed by atoms with Crippen LogP contribution in [0, 0.1) is 0 Å². The molecule has 0 saturated carbocycles. The molecule has 1 fully saturated rings. The van der Waals surface area contributed by atoms with Gasteiger partial charge in [0.2, 0.25) is 5.91 Å². The van der Waals surface area contributed by atoms with Gasteiger partial charge in [-0.25, -0.2) is 4.79 Å². The van der Waals surface area contributed by atoms with Gasteiger partial charge in [-0.15, -0.1) is 0 Å².